The lowest BCUT2D eigenvalue weighted by Crippen LogP contribution is -2.24. The standard InChI is InChI=1S/C20H20N4O2/c1-14(25)23-26-19-10-6-5-9-16(19)20-17-12-24(13-18(17)21-22-20)11-15-7-3-2-4-8-15/h2-10H,11-13H2,1H3,(H,21,22)(H,23,25). The molecule has 1 aromatic heterocycles. The first-order valence-corrected chi connectivity index (χ1v) is 8.56. The highest BCUT2D eigenvalue weighted by atomic mass is 16.7. The first-order chi connectivity index (χ1) is 12.7. The molecule has 0 saturated heterocycles. The van der Waals surface area contributed by atoms with Crippen molar-refractivity contribution >= 4 is 5.91 Å². The highest BCUT2D eigenvalue weighted by Crippen LogP contribution is 2.35. The second-order valence-corrected chi connectivity index (χ2v) is 6.41. The van der Waals surface area contributed by atoms with Crippen LogP contribution >= 0.6 is 0 Å². The van der Waals surface area contributed by atoms with Crippen molar-refractivity contribution < 1.29 is 9.63 Å². The highest BCUT2D eigenvalue weighted by molar-refractivity contribution is 5.74. The van der Waals surface area contributed by atoms with Gasteiger partial charge in [0, 0.05) is 37.7 Å². The van der Waals surface area contributed by atoms with Crippen LogP contribution in [0.2, 0.25) is 0 Å². The fourth-order valence-electron chi connectivity index (χ4n) is 3.26. The molecule has 2 heterocycles. The van der Waals surface area contributed by atoms with Crippen LogP contribution in [0.1, 0.15) is 23.7 Å². The van der Waals surface area contributed by atoms with E-state index in [9.17, 15) is 4.79 Å². The summed E-state index contributed by atoms with van der Waals surface area (Å²) in [5.41, 5.74) is 7.75. The van der Waals surface area contributed by atoms with Gasteiger partial charge in [0.2, 0.25) is 5.91 Å². The smallest absolute Gasteiger partial charge is 0.249 e. The number of aromatic nitrogens is 2. The number of nitrogens with one attached hydrogen (secondary N) is 2. The van der Waals surface area contributed by atoms with Crippen LogP contribution in [0.5, 0.6) is 5.75 Å². The summed E-state index contributed by atoms with van der Waals surface area (Å²) in [5, 5.41) is 7.63. The molecule has 3 aromatic rings. The van der Waals surface area contributed by atoms with E-state index in [4.69, 9.17) is 4.84 Å². The van der Waals surface area contributed by atoms with Crippen molar-refractivity contribution in [1.29, 1.82) is 0 Å². The van der Waals surface area contributed by atoms with Gasteiger partial charge < -0.3 is 4.84 Å². The fourth-order valence-corrected chi connectivity index (χ4v) is 3.26. The minimum atomic E-state index is -0.247. The molecule has 4 rings (SSSR count). The second-order valence-electron chi connectivity index (χ2n) is 6.41. The molecule has 0 radical (unpaired) electrons. The Bertz CT molecular complexity index is 921. The number of hydroxylamine groups is 1. The van der Waals surface area contributed by atoms with Gasteiger partial charge in [0.05, 0.1) is 11.4 Å². The molecule has 26 heavy (non-hydrogen) atoms. The van der Waals surface area contributed by atoms with Crippen molar-refractivity contribution in [2.45, 2.75) is 26.6 Å². The van der Waals surface area contributed by atoms with E-state index in [1.54, 1.807) is 0 Å². The Kier molecular flexibility index (Phi) is 4.41. The number of aromatic amines is 1. The van der Waals surface area contributed by atoms with Crippen molar-refractivity contribution in [2.75, 3.05) is 0 Å². The monoisotopic (exact) mass is 348 g/mol. The number of para-hydroxylation sites is 1. The molecule has 0 bridgehead atoms. The average Bonchev–Trinajstić information content (AvgIpc) is 3.21. The van der Waals surface area contributed by atoms with E-state index in [0.717, 1.165) is 36.6 Å². The number of carbonyl (C=O) groups excluding carboxylic acids is 1. The van der Waals surface area contributed by atoms with Crippen LogP contribution in [0.4, 0.5) is 0 Å². The molecule has 1 aliphatic heterocycles. The Morgan fingerprint density at radius 1 is 1.15 bits per heavy atom. The maximum Gasteiger partial charge on any atom is 0.249 e. The predicted octanol–water partition coefficient (Wildman–Crippen LogP) is 3.02. The quantitative estimate of drug-likeness (QED) is 0.696. The number of hydrogen-bond donors (Lipinski definition) is 2. The zero-order valence-corrected chi connectivity index (χ0v) is 14.5. The maximum absolute atomic E-state index is 11.2. The van der Waals surface area contributed by atoms with Gasteiger partial charge in [-0.05, 0) is 17.7 Å². The van der Waals surface area contributed by atoms with Crippen molar-refractivity contribution in [3.8, 4) is 17.0 Å². The summed E-state index contributed by atoms with van der Waals surface area (Å²) in [7, 11) is 0. The zero-order chi connectivity index (χ0) is 17.9. The summed E-state index contributed by atoms with van der Waals surface area (Å²) in [6.07, 6.45) is 0. The minimum absolute atomic E-state index is 0.247. The number of benzene rings is 2. The lowest BCUT2D eigenvalue weighted by molar-refractivity contribution is -0.125. The van der Waals surface area contributed by atoms with Crippen LogP contribution in [0.3, 0.4) is 0 Å². The van der Waals surface area contributed by atoms with Gasteiger partial charge in [0.1, 0.15) is 0 Å². The molecule has 6 heteroatoms. The third-order valence-corrected chi connectivity index (χ3v) is 4.42. The SMILES string of the molecule is CC(=O)NOc1ccccc1-c1[nH]nc2c1CN(Cc1ccccc1)C2. The van der Waals surface area contributed by atoms with Gasteiger partial charge in [-0.1, -0.05) is 42.5 Å². The number of rotatable bonds is 5. The summed E-state index contributed by atoms with van der Waals surface area (Å²) in [6, 6.07) is 18.0. The van der Waals surface area contributed by atoms with E-state index in [2.05, 4.69) is 44.8 Å². The lowest BCUT2D eigenvalue weighted by atomic mass is 10.1. The predicted molar refractivity (Wildman–Crippen MR) is 97.9 cm³/mol. The molecule has 0 atom stereocenters. The molecule has 0 fully saturated rings. The Balaban J connectivity index is 1.56. The number of nitrogens with zero attached hydrogens (tertiary/aromatic N) is 2. The topological polar surface area (TPSA) is 70.2 Å². The van der Waals surface area contributed by atoms with Crippen molar-refractivity contribution in [2.24, 2.45) is 0 Å². The Hall–Kier alpha value is -3.12. The summed E-state index contributed by atoms with van der Waals surface area (Å²) in [5.74, 6) is 0.347. The molecule has 1 aliphatic rings. The van der Waals surface area contributed by atoms with E-state index in [1.165, 1.54) is 18.1 Å². The molecular formula is C20H20N4O2. The van der Waals surface area contributed by atoms with Gasteiger partial charge >= 0.3 is 0 Å². The number of H-pyrrole nitrogens is 1. The van der Waals surface area contributed by atoms with Gasteiger partial charge in [-0.3, -0.25) is 14.8 Å². The first kappa shape index (κ1) is 16.4. The normalized spacial score (nSPS) is 13.4. The first-order valence-electron chi connectivity index (χ1n) is 8.56. The third-order valence-electron chi connectivity index (χ3n) is 4.42. The van der Waals surface area contributed by atoms with E-state index in [-0.39, 0.29) is 5.91 Å². The number of fused-ring (bicyclic) bond motifs is 1. The van der Waals surface area contributed by atoms with Crippen molar-refractivity contribution in [3.63, 3.8) is 0 Å². The van der Waals surface area contributed by atoms with E-state index in [0.29, 0.717) is 5.75 Å². The van der Waals surface area contributed by atoms with Crippen LogP contribution in [0.25, 0.3) is 11.3 Å². The van der Waals surface area contributed by atoms with Crippen LogP contribution in [-0.4, -0.2) is 21.0 Å². The van der Waals surface area contributed by atoms with Gasteiger partial charge in [0.15, 0.2) is 5.75 Å². The number of amides is 1. The summed E-state index contributed by atoms with van der Waals surface area (Å²) >= 11 is 0. The van der Waals surface area contributed by atoms with Gasteiger partial charge in [-0.15, -0.1) is 0 Å². The van der Waals surface area contributed by atoms with Gasteiger partial charge in [-0.25, -0.2) is 0 Å². The van der Waals surface area contributed by atoms with Crippen LogP contribution in [0.15, 0.2) is 54.6 Å². The van der Waals surface area contributed by atoms with Gasteiger partial charge in [0.25, 0.3) is 0 Å². The Labute approximate surface area is 151 Å². The summed E-state index contributed by atoms with van der Waals surface area (Å²) in [4.78, 5) is 19.0. The molecule has 0 spiro atoms. The summed E-state index contributed by atoms with van der Waals surface area (Å²) in [6.45, 7) is 3.94. The van der Waals surface area contributed by atoms with E-state index < -0.39 is 0 Å². The zero-order valence-electron chi connectivity index (χ0n) is 14.5. The molecular weight excluding hydrogens is 328 g/mol. The Morgan fingerprint density at radius 2 is 1.92 bits per heavy atom. The van der Waals surface area contributed by atoms with Crippen LogP contribution in [-0.2, 0) is 24.4 Å². The van der Waals surface area contributed by atoms with E-state index in [1.807, 2.05) is 30.3 Å². The summed E-state index contributed by atoms with van der Waals surface area (Å²) < 4.78 is 0. The highest BCUT2D eigenvalue weighted by Gasteiger charge is 2.26. The average molecular weight is 348 g/mol. The maximum atomic E-state index is 11.2. The largest absolute Gasteiger partial charge is 0.379 e. The molecule has 0 saturated carbocycles. The fraction of sp³-hybridized carbons (Fsp3) is 0.200. The molecule has 1 amide bonds. The van der Waals surface area contributed by atoms with Crippen molar-refractivity contribution in [3.05, 3.63) is 71.4 Å². The number of carbonyl (C=O) groups is 1. The second kappa shape index (κ2) is 7.01. The third kappa shape index (κ3) is 3.32. The molecule has 2 aromatic carbocycles. The number of hydrogen-bond acceptors (Lipinski definition) is 4. The minimum Gasteiger partial charge on any atom is -0.379 e. The van der Waals surface area contributed by atoms with E-state index >= 15 is 0 Å². The lowest BCUT2D eigenvalue weighted by Gasteiger charge is -2.15. The molecule has 132 valence electrons. The Morgan fingerprint density at radius 3 is 2.73 bits per heavy atom. The van der Waals surface area contributed by atoms with Crippen LogP contribution in [0, 0.1) is 0 Å². The van der Waals surface area contributed by atoms with Crippen molar-refractivity contribution in [1.82, 2.24) is 20.6 Å². The molecule has 0 aliphatic carbocycles. The molecule has 6 nitrogen and oxygen atoms in total. The molecule has 2 N–H and O–H groups in total. The molecule has 0 unspecified atom stereocenters. The van der Waals surface area contributed by atoms with Gasteiger partial charge in [-0.2, -0.15) is 10.6 Å². The van der Waals surface area contributed by atoms with Crippen LogP contribution < -0.4 is 10.3 Å².